The Morgan fingerprint density at radius 1 is 1.78 bits per heavy atom. The maximum Gasteiger partial charge on any atom is 0.0973 e. The molecular weight excluding hydrogens is 116 g/mol. The molecule has 0 saturated carbocycles. The second-order valence-electron chi connectivity index (χ2n) is 1.28. The third-order valence-electron chi connectivity index (χ3n) is 0.691. The maximum absolute atomic E-state index is 5.31. The summed E-state index contributed by atoms with van der Waals surface area (Å²) in [6.07, 6.45) is 3.05. The van der Waals surface area contributed by atoms with Crippen molar-refractivity contribution in [3.63, 3.8) is 0 Å². The topological polar surface area (TPSA) is 62.8 Å². The quantitative estimate of drug-likeness (QED) is 0.402. The van der Waals surface area contributed by atoms with Gasteiger partial charge in [-0.3, -0.25) is 0 Å². The molecule has 4 nitrogen and oxygen atoms in total. The van der Waals surface area contributed by atoms with E-state index in [2.05, 4.69) is 22.2 Å². The van der Waals surface area contributed by atoms with Crippen molar-refractivity contribution in [3.8, 4) is 0 Å². The largest absolute Gasteiger partial charge is 0.386 e. The van der Waals surface area contributed by atoms with Crippen LogP contribution >= 0.6 is 0 Å². The van der Waals surface area contributed by atoms with Gasteiger partial charge in [-0.15, -0.1) is 0 Å². The number of hydrogen-bond donors (Lipinski definition) is 2. The molecule has 0 rings (SSSR count). The molecule has 3 N–H and O–H groups in total. The first-order valence-corrected chi connectivity index (χ1v) is 2.44. The Kier molecular flexibility index (Phi) is 4.12. The van der Waals surface area contributed by atoms with Gasteiger partial charge in [0.15, 0.2) is 0 Å². The Balaban J connectivity index is 3.67. The lowest BCUT2D eigenvalue weighted by atomic mass is 10.6. The molecule has 0 bridgehead atoms. The van der Waals surface area contributed by atoms with Crippen molar-refractivity contribution < 1.29 is 0 Å². The molecule has 0 spiro atoms. The van der Waals surface area contributed by atoms with E-state index in [4.69, 9.17) is 5.73 Å². The van der Waals surface area contributed by atoms with Gasteiger partial charge in [-0.05, 0) is 6.08 Å². The number of nitrogens with zero attached hydrogens (tertiary/aromatic N) is 2. The van der Waals surface area contributed by atoms with E-state index in [0.29, 0.717) is 5.82 Å². The highest BCUT2D eigenvalue weighted by Gasteiger charge is 1.74. The number of rotatable bonds is 3. The Hall–Kier alpha value is -1.32. The number of hydrogen-bond acceptors (Lipinski definition) is 4. The van der Waals surface area contributed by atoms with Crippen molar-refractivity contribution in [2.24, 2.45) is 15.9 Å². The summed E-state index contributed by atoms with van der Waals surface area (Å²) in [6, 6.07) is 0. The van der Waals surface area contributed by atoms with Gasteiger partial charge < -0.3 is 11.1 Å². The normalized spacial score (nSPS) is 11.9. The first-order chi connectivity index (χ1) is 4.31. The van der Waals surface area contributed by atoms with E-state index >= 15 is 0 Å². The number of nitrogens with one attached hydrogen (secondary N) is 1. The molecule has 0 radical (unpaired) electrons. The fourth-order valence-corrected chi connectivity index (χ4v) is 0.244. The number of allylic oxidation sites excluding steroid dienone is 1. The van der Waals surface area contributed by atoms with Gasteiger partial charge in [0, 0.05) is 13.8 Å². The van der Waals surface area contributed by atoms with Crippen LogP contribution in [0, 0.1) is 0 Å². The Morgan fingerprint density at radius 3 is 2.89 bits per heavy atom. The summed E-state index contributed by atoms with van der Waals surface area (Å²) in [5, 5.41) is 9.40. The second kappa shape index (κ2) is 4.83. The van der Waals surface area contributed by atoms with Gasteiger partial charge in [0.05, 0.1) is 12.0 Å². The molecule has 0 atom stereocenters. The van der Waals surface area contributed by atoms with Crippen LogP contribution in [0.4, 0.5) is 0 Å². The van der Waals surface area contributed by atoms with Gasteiger partial charge in [0.25, 0.3) is 0 Å². The van der Waals surface area contributed by atoms with Crippen molar-refractivity contribution >= 4 is 12.9 Å². The van der Waals surface area contributed by atoms with E-state index in [1.54, 1.807) is 13.1 Å². The number of nitrogens with two attached hydrogens (primary N) is 1. The first-order valence-electron chi connectivity index (χ1n) is 2.44. The van der Waals surface area contributed by atoms with Crippen LogP contribution in [0.25, 0.3) is 0 Å². The summed E-state index contributed by atoms with van der Waals surface area (Å²) >= 11 is 0. The van der Waals surface area contributed by atoms with Crippen LogP contribution in [-0.2, 0) is 0 Å². The fourth-order valence-electron chi connectivity index (χ4n) is 0.244. The van der Waals surface area contributed by atoms with E-state index in [0.717, 1.165) is 0 Å². The van der Waals surface area contributed by atoms with Gasteiger partial charge in [0.2, 0.25) is 0 Å². The maximum atomic E-state index is 5.31. The molecule has 0 aliphatic carbocycles. The fraction of sp³-hybridized carbons (Fsp3) is 0.200. The highest BCUT2D eigenvalue weighted by molar-refractivity contribution is 5.71. The van der Waals surface area contributed by atoms with Gasteiger partial charge in [-0.25, -0.2) is 0 Å². The Morgan fingerprint density at radius 2 is 2.44 bits per heavy atom. The molecule has 0 aliphatic heterocycles. The van der Waals surface area contributed by atoms with Crippen LogP contribution in [0.15, 0.2) is 22.1 Å². The van der Waals surface area contributed by atoms with E-state index in [-0.39, 0.29) is 0 Å². The van der Waals surface area contributed by atoms with E-state index in [1.807, 2.05) is 0 Å². The molecule has 0 saturated heterocycles. The highest BCUT2D eigenvalue weighted by Crippen LogP contribution is 1.71. The summed E-state index contributed by atoms with van der Waals surface area (Å²) < 4.78 is 0. The summed E-state index contributed by atoms with van der Waals surface area (Å²) in [5.41, 5.74) is 5.31. The average molecular weight is 126 g/mol. The van der Waals surface area contributed by atoms with Crippen molar-refractivity contribution in [1.82, 2.24) is 5.32 Å². The minimum absolute atomic E-state index is 0.544. The smallest absolute Gasteiger partial charge is 0.0973 e. The molecule has 0 amide bonds. The third kappa shape index (κ3) is 4.53. The molecule has 0 aromatic carbocycles. The monoisotopic (exact) mass is 126 g/mol. The molecule has 0 heterocycles. The minimum Gasteiger partial charge on any atom is -0.386 e. The van der Waals surface area contributed by atoms with E-state index in [9.17, 15) is 0 Å². The van der Waals surface area contributed by atoms with Crippen molar-refractivity contribution in [1.29, 1.82) is 0 Å². The molecule has 0 unspecified atom stereocenters. The second-order valence-corrected chi connectivity index (χ2v) is 1.28. The van der Waals surface area contributed by atoms with Gasteiger partial charge in [0.1, 0.15) is 0 Å². The Labute approximate surface area is 54.2 Å². The predicted octanol–water partition coefficient (Wildman–Crippen LogP) is -0.308. The van der Waals surface area contributed by atoms with Gasteiger partial charge >= 0.3 is 0 Å². The third-order valence-corrected chi connectivity index (χ3v) is 0.691. The van der Waals surface area contributed by atoms with Crippen molar-refractivity contribution in [2.75, 3.05) is 7.05 Å². The summed E-state index contributed by atoms with van der Waals surface area (Å²) in [4.78, 5) is 0. The standard InChI is InChI=1S/C5H10N4/c1-7-5(6)3-4-9-8-2/h3-4,7H,2,6H2,1H3/b5-3-,9-4-. The zero-order valence-electron chi connectivity index (χ0n) is 5.33. The molecular formula is C5H10N4. The molecule has 0 fully saturated rings. The van der Waals surface area contributed by atoms with Crippen LogP contribution < -0.4 is 11.1 Å². The molecule has 50 valence electrons. The molecule has 0 aliphatic rings. The summed E-state index contributed by atoms with van der Waals surface area (Å²) in [7, 11) is 1.72. The highest BCUT2D eigenvalue weighted by atomic mass is 15.2. The minimum atomic E-state index is 0.544. The average Bonchev–Trinajstić information content (AvgIpc) is 1.89. The zero-order valence-corrected chi connectivity index (χ0v) is 5.33. The molecule has 9 heavy (non-hydrogen) atoms. The predicted molar refractivity (Wildman–Crippen MR) is 39.4 cm³/mol. The van der Waals surface area contributed by atoms with E-state index < -0.39 is 0 Å². The van der Waals surface area contributed by atoms with Crippen molar-refractivity contribution in [3.05, 3.63) is 11.9 Å². The zero-order chi connectivity index (χ0) is 7.11. The van der Waals surface area contributed by atoms with Gasteiger partial charge in [-0.2, -0.15) is 10.2 Å². The molecule has 0 aromatic heterocycles. The lowest BCUT2D eigenvalue weighted by Gasteiger charge is -1.92. The Bertz CT molecular complexity index is 136. The van der Waals surface area contributed by atoms with Crippen LogP contribution in [0.1, 0.15) is 0 Å². The lowest BCUT2D eigenvalue weighted by Crippen LogP contribution is -2.14. The molecule has 0 aromatic rings. The summed E-state index contributed by atoms with van der Waals surface area (Å²) in [5.74, 6) is 0.544. The van der Waals surface area contributed by atoms with Crippen molar-refractivity contribution in [2.45, 2.75) is 0 Å². The van der Waals surface area contributed by atoms with Crippen LogP contribution in [0.2, 0.25) is 0 Å². The lowest BCUT2D eigenvalue weighted by molar-refractivity contribution is 0.968. The van der Waals surface area contributed by atoms with Crippen LogP contribution in [0.5, 0.6) is 0 Å². The molecule has 4 heteroatoms. The summed E-state index contributed by atoms with van der Waals surface area (Å²) in [6.45, 7) is 3.14. The van der Waals surface area contributed by atoms with Gasteiger partial charge in [-0.1, -0.05) is 0 Å². The SMILES string of the molecule is C=N/N=C\C=C(\N)NC. The van der Waals surface area contributed by atoms with E-state index in [1.165, 1.54) is 6.21 Å². The first kappa shape index (κ1) is 7.68. The van der Waals surface area contributed by atoms with Crippen LogP contribution in [0.3, 0.4) is 0 Å². The van der Waals surface area contributed by atoms with Crippen LogP contribution in [-0.4, -0.2) is 20.0 Å².